The molecule has 0 aromatic heterocycles. The quantitative estimate of drug-likeness (QED) is 0.750. The van der Waals surface area contributed by atoms with Gasteiger partial charge in [0.25, 0.3) is 0 Å². The van der Waals surface area contributed by atoms with Crippen LogP contribution in [0.15, 0.2) is 18.2 Å². The van der Waals surface area contributed by atoms with E-state index in [2.05, 4.69) is 13.0 Å². The fourth-order valence-corrected chi connectivity index (χ4v) is 1.70. The minimum absolute atomic E-state index is 0.446. The van der Waals surface area contributed by atoms with Gasteiger partial charge in [-0.25, -0.2) is 0 Å². The number of phenols is 1. The van der Waals surface area contributed by atoms with Crippen LogP contribution >= 0.6 is 0 Å². The molecule has 0 atom stereocenters. The predicted molar refractivity (Wildman–Crippen MR) is 53.9 cm³/mol. The van der Waals surface area contributed by atoms with Crippen molar-refractivity contribution in [2.24, 2.45) is 5.92 Å². The molecule has 1 aromatic carbocycles. The Morgan fingerprint density at radius 3 is 2.77 bits per heavy atom. The Kier molecular flexibility index (Phi) is 2.26. The van der Waals surface area contributed by atoms with E-state index >= 15 is 0 Å². The molecular weight excluding hydrogens is 160 g/mol. The fraction of sp³-hybridized carbons (Fsp3) is 0.500. The topological polar surface area (TPSA) is 20.2 Å². The highest BCUT2D eigenvalue weighted by molar-refractivity contribution is 5.36. The van der Waals surface area contributed by atoms with E-state index in [1.807, 2.05) is 12.1 Å². The Labute approximate surface area is 79.4 Å². The number of phenolic OH excluding ortho intramolecular Hbond substituents is 1. The maximum atomic E-state index is 9.48. The van der Waals surface area contributed by atoms with Crippen molar-refractivity contribution in [2.75, 3.05) is 0 Å². The summed E-state index contributed by atoms with van der Waals surface area (Å²) in [7, 11) is 0. The van der Waals surface area contributed by atoms with Crippen molar-refractivity contribution in [3.05, 3.63) is 29.3 Å². The third-order valence-corrected chi connectivity index (χ3v) is 2.75. The van der Waals surface area contributed by atoms with Crippen LogP contribution in [-0.2, 0) is 12.8 Å². The van der Waals surface area contributed by atoms with Gasteiger partial charge in [0.15, 0.2) is 0 Å². The molecule has 0 aliphatic heterocycles. The molecule has 0 heterocycles. The SMILES string of the molecule is CCc1cc(CC2CC2)ccc1O. The molecule has 1 N–H and O–H groups in total. The minimum atomic E-state index is 0.446. The van der Waals surface area contributed by atoms with Crippen LogP contribution in [0.4, 0.5) is 0 Å². The van der Waals surface area contributed by atoms with Gasteiger partial charge >= 0.3 is 0 Å². The Morgan fingerprint density at radius 2 is 2.15 bits per heavy atom. The molecule has 0 radical (unpaired) electrons. The Morgan fingerprint density at radius 1 is 1.38 bits per heavy atom. The summed E-state index contributed by atoms with van der Waals surface area (Å²) in [4.78, 5) is 0. The zero-order chi connectivity index (χ0) is 9.26. The molecule has 0 unspecified atom stereocenters. The average molecular weight is 176 g/mol. The van der Waals surface area contributed by atoms with Crippen molar-refractivity contribution in [1.82, 2.24) is 0 Å². The van der Waals surface area contributed by atoms with Crippen molar-refractivity contribution in [3.8, 4) is 5.75 Å². The van der Waals surface area contributed by atoms with E-state index in [1.54, 1.807) is 0 Å². The Bertz CT molecular complexity index is 300. The molecule has 0 bridgehead atoms. The standard InChI is InChI=1S/C12H16O/c1-2-11-8-10(5-6-12(11)13)7-9-3-4-9/h5-6,8-9,13H,2-4,7H2,1H3. The van der Waals surface area contributed by atoms with Gasteiger partial charge in [0.2, 0.25) is 0 Å². The van der Waals surface area contributed by atoms with E-state index in [1.165, 1.54) is 24.8 Å². The highest BCUT2D eigenvalue weighted by atomic mass is 16.3. The number of aryl methyl sites for hydroxylation is 1. The summed E-state index contributed by atoms with van der Waals surface area (Å²) in [5.74, 6) is 1.37. The van der Waals surface area contributed by atoms with Crippen molar-refractivity contribution in [2.45, 2.75) is 32.6 Å². The van der Waals surface area contributed by atoms with Gasteiger partial charge < -0.3 is 5.11 Å². The summed E-state index contributed by atoms with van der Waals surface area (Å²) in [6.45, 7) is 2.08. The Balaban J connectivity index is 2.16. The van der Waals surface area contributed by atoms with Crippen LogP contribution in [0.25, 0.3) is 0 Å². The number of aromatic hydroxyl groups is 1. The van der Waals surface area contributed by atoms with Gasteiger partial charge in [0, 0.05) is 0 Å². The minimum Gasteiger partial charge on any atom is -0.508 e. The third kappa shape index (κ3) is 2.03. The predicted octanol–water partition coefficient (Wildman–Crippen LogP) is 2.91. The second-order valence-electron chi connectivity index (χ2n) is 3.96. The zero-order valence-electron chi connectivity index (χ0n) is 8.09. The van der Waals surface area contributed by atoms with Gasteiger partial charge in [-0.2, -0.15) is 0 Å². The molecule has 1 nitrogen and oxygen atoms in total. The zero-order valence-corrected chi connectivity index (χ0v) is 8.09. The van der Waals surface area contributed by atoms with Crippen LogP contribution in [0, 0.1) is 5.92 Å². The van der Waals surface area contributed by atoms with Crippen molar-refractivity contribution in [3.63, 3.8) is 0 Å². The van der Waals surface area contributed by atoms with Gasteiger partial charge in [0.05, 0.1) is 0 Å². The van der Waals surface area contributed by atoms with Gasteiger partial charge in [-0.15, -0.1) is 0 Å². The molecule has 1 saturated carbocycles. The number of hydrogen-bond acceptors (Lipinski definition) is 1. The maximum Gasteiger partial charge on any atom is 0.118 e. The van der Waals surface area contributed by atoms with Crippen LogP contribution in [0.5, 0.6) is 5.75 Å². The van der Waals surface area contributed by atoms with Gasteiger partial charge in [-0.3, -0.25) is 0 Å². The van der Waals surface area contributed by atoms with E-state index in [-0.39, 0.29) is 0 Å². The summed E-state index contributed by atoms with van der Waals surface area (Å²) in [6.07, 6.45) is 4.91. The van der Waals surface area contributed by atoms with E-state index in [0.717, 1.165) is 17.9 Å². The second kappa shape index (κ2) is 3.41. The van der Waals surface area contributed by atoms with Gasteiger partial charge in [-0.1, -0.05) is 19.1 Å². The lowest BCUT2D eigenvalue weighted by Crippen LogP contribution is -1.89. The summed E-state index contributed by atoms with van der Waals surface area (Å²) in [6, 6.07) is 6.02. The normalized spacial score (nSPS) is 16.1. The van der Waals surface area contributed by atoms with Crippen LogP contribution in [0.1, 0.15) is 30.9 Å². The molecule has 0 amide bonds. The summed E-state index contributed by atoms with van der Waals surface area (Å²) in [5, 5.41) is 9.48. The molecule has 1 aliphatic rings. The van der Waals surface area contributed by atoms with Gasteiger partial charge in [0.1, 0.15) is 5.75 Å². The van der Waals surface area contributed by atoms with E-state index in [9.17, 15) is 5.11 Å². The third-order valence-electron chi connectivity index (χ3n) is 2.75. The average Bonchev–Trinajstić information content (AvgIpc) is 2.92. The van der Waals surface area contributed by atoms with Crippen LogP contribution in [0.2, 0.25) is 0 Å². The molecular formula is C12H16O. The molecule has 0 spiro atoms. The second-order valence-corrected chi connectivity index (χ2v) is 3.96. The van der Waals surface area contributed by atoms with Gasteiger partial charge in [-0.05, 0) is 48.8 Å². The molecule has 1 aliphatic carbocycles. The first-order valence-electron chi connectivity index (χ1n) is 5.10. The van der Waals surface area contributed by atoms with Crippen LogP contribution in [0.3, 0.4) is 0 Å². The highest BCUT2D eigenvalue weighted by Gasteiger charge is 2.21. The smallest absolute Gasteiger partial charge is 0.118 e. The monoisotopic (exact) mass is 176 g/mol. The molecule has 1 heteroatoms. The first-order chi connectivity index (χ1) is 6.29. The molecule has 13 heavy (non-hydrogen) atoms. The first kappa shape index (κ1) is 8.61. The van der Waals surface area contributed by atoms with Crippen LogP contribution < -0.4 is 0 Å². The molecule has 0 saturated heterocycles. The summed E-state index contributed by atoms with van der Waals surface area (Å²) >= 11 is 0. The fourth-order valence-electron chi connectivity index (χ4n) is 1.70. The lowest BCUT2D eigenvalue weighted by Gasteiger charge is -2.04. The van der Waals surface area contributed by atoms with Crippen molar-refractivity contribution >= 4 is 0 Å². The molecule has 2 rings (SSSR count). The number of rotatable bonds is 3. The Hall–Kier alpha value is -0.980. The molecule has 70 valence electrons. The van der Waals surface area contributed by atoms with E-state index in [0.29, 0.717) is 5.75 Å². The summed E-state index contributed by atoms with van der Waals surface area (Å²) in [5.41, 5.74) is 2.47. The lowest BCUT2D eigenvalue weighted by molar-refractivity contribution is 0.468. The van der Waals surface area contributed by atoms with Crippen LogP contribution in [-0.4, -0.2) is 5.11 Å². The largest absolute Gasteiger partial charge is 0.508 e. The number of benzene rings is 1. The maximum absolute atomic E-state index is 9.48. The molecule has 1 fully saturated rings. The summed E-state index contributed by atoms with van der Waals surface area (Å²) < 4.78 is 0. The van der Waals surface area contributed by atoms with Crippen molar-refractivity contribution < 1.29 is 5.11 Å². The molecule has 1 aromatic rings. The van der Waals surface area contributed by atoms with E-state index in [4.69, 9.17) is 0 Å². The highest BCUT2D eigenvalue weighted by Crippen LogP contribution is 2.33. The number of hydrogen-bond donors (Lipinski definition) is 1. The van der Waals surface area contributed by atoms with Crippen molar-refractivity contribution in [1.29, 1.82) is 0 Å². The van der Waals surface area contributed by atoms with E-state index < -0.39 is 0 Å². The lowest BCUT2D eigenvalue weighted by atomic mass is 10.0. The first-order valence-corrected chi connectivity index (χ1v) is 5.10.